The number of carbonyl (C=O) groups excluding carboxylic acids is 1. The highest BCUT2D eigenvalue weighted by atomic mass is 16.5. The number of rotatable bonds is 4. The molecule has 0 aromatic heterocycles. The van der Waals surface area contributed by atoms with Gasteiger partial charge in [-0.05, 0) is 23.8 Å². The molecule has 0 bridgehead atoms. The van der Waals surface area contributed by atoms with Crippen LogP contribution < -0.4 is 15.4 Å². The minimum absolute atomic E-state index is 0.221. The minimum atomic E-state index is -0.221. The van der Waals surface area contributed by atoms with Crippen LogP contribution in [0.25, 0.3) is 0 Å². The molecule has 2 N–H and O–H groups in total. The molecule has 0 aliphatic carbocycles. The van der Waals surface area contributed by atoms with Crippen LogP contribution in [0.4, 0.5) is 10.5 Å². The highest BCUT2D eigenvalue weighted by Gasteiger charge is 2.12. The van der Waals surface area contributed by atoms with Gasteiger partial charge >= 0.3 is 6.03 Å². The van der Waals surface area contributed by atoms with E-state index in [1.54, 1.807) is 7.11 Å². The van der Waals surface area contributed by atoms with Crippen molar-refractivity contribution in [2.75, 3.05) is 32.2 Å². The number of urea groups is 1. The Kier molecular flexibility index (Phi) is 3.82. The zero-order chi connectivity index (χ0) is 12.1. The highest BCUT2D eigenvalue weighted by molar-refractivity contribution is 5.89. The Balaban J connectivity index is 1.88. The van der Waals surface area contributed by atoms with Crippen molar-refractivity contribution in [3.8, 4) is 5.75 Å². The second kappa shape index (κ2) is 5.54. The summed E-state index contributed by atoms with van der Waals surface area (Å²) in [7, 11) is 1.60. The third kappa shape index (κ3) is 3.10. The summed E-state index contributed by atoms with van der Waals surface area (Å²) in [6.07, 6.45) is 0.899. The summed E-state index contributed by atoms with van der Waals surface area (Å²) >= 11 is 0. The van der Waals surface area contributed by atoms with Crippen LogP contribution in [0.2, 0.25) is 0 Å². The minimum Gasteiger partial charge on any atom is -0.493 e. The summed E-state index contributed by atoms with van der Waals surface area (Å²) < 4.78 is 10.2. The van der Waals surface area contributed by atoms with Crippen molar-refractivity contribution < 1.29 is 14.3 Å². The summed E-state index contributed by atoms with van der Waals surface area (Å²) in [4.78, 5) is 11.5. The van der Waals surface area contributed by atoms with E-state index in [9.17, 15) is 4.79 Å². The molecule has 0 unspecified atom stereocenters. The van der Waals surface area contributed by atoms with E-state index >= 15 is 0 Å². The molecule has 0 atom stereocenters. The lowest BCUT2D eigenvalue weighted by atomic mass is 10.1. The molecule has 17 heavy (non-hydrogen) atoms. The number of benzene rings is 1. The van der Waals surface area contributed by atoms with Crippen LogP contribution in [0.3, 0.4) is 0 Å². The predicted molar refractivity (Wildman–Crippen MR) is 64.5 cm³/mol. The van der Waals surface area contributed by atoms with Crippen molar-refractivity contribution in [3.63, 3.8) is 0 Å². The smallest absolute Gasteiger partial charge is 0.319 e. The zero-order valence-electron chi connectivity index (χ0n) is 9.79. The van der Waals surface area contributed by atoms with Gasteiger partial charge in [0.15, 0.2) is 0 Å². The fourth-order valence-corrected chi connectivity index (χ4v) is 1.71. The van der Waals surface area contributed by atoms with Crippen LogP contribution in [0.15, 0.2) is 18.2 Å². The number of nitrogens with one attached hydrogen (secondary N) is 2. The quantitative estimate of drug-likeness (QED) is 0.777. The molecule has 1 aliphatic heterocycles. The lowest BCUT2D eigenvalue weighted by Gasteiger charge is -2.08. The third-order valence-electron chi connectivity index (χ3n) is 2.54. The monoisotopic (exact) mass is 236 g/mol. The van der Waals surface area contributed by atoms with Gasteiger partial charge in [0.1, 0.15) is 5.75 Å². The van der Waals surface area contributed by atoms with E-state index in [0.717, 1.165) is 30.0 Å². The lowest BCUT2D eigenvalue weighted by Crippen LogP contribution is -2.31. The largest absolute Gasteiger partial charge is 0.493 e. The first kappa shape index (κ1) is 11.7. The standard InChI is InChI=1S/C12H16N2O3/c1-16-7-5-13-12(15)14-10-2-3-11-9(8-10)4-6-17-11/h2-3,8H,4-7H2,1H3,(H2,13,14,15). The summed E-state index contributed by atoms with van der Waals surface area (Å²) in [5.41, 5.74) is 1.92. The Morgan fingerprint density at radius 1 is 1.53 bits per heavy atom. The molecule has 1 aromatic carbocycles. The fraction of sp³-hybridized carbons (Fsp3) is 0.417. The Labute approximate surface area is 100 Å². The van der Waals surface area contributed by atoms with Crippen molar-refractivity contribution >= 4 is 11.7 Å². The van der Waals surface area contributed by atoms with Gasteiger partial charge in [0.25, 0.3) is 0 Å². The molecule has 1 aliphatic rings. The van der Waals surface area contributed by atoms with Crippen LogP contribution in [-0.4, -0.2) is 32.9 Å². The van der Waals surface area contributed by atoms with Gasteiger partial charge in [-0.2, -0.15) is 0 Å². The molecule has 1 aromatic rings. The van der Waals surface area contributed by atoms with Gasteiger partial charge in [-0.15, -0.1) is 0 Å². The first-order valence-electron chi connectivity index (χ1n) is 5.59. The van der Waals surface area contributed by atoms with E-state index < -0.39 is 0 Å². The van der Waals surface area contributed by atoms with Crippen molar-refractivity contribution in [2.45, 2.75) is 6.42 Å². The Bertz CT molecular complexity index is 407. The van der Waals surface area contributed by atoms with Gasteiger partial charge in [0.2, 0.25) is 0 Å². The van der Waals surface area contributed by atoms with E-state index in [0.29, 0.717) is 13.2 Å². The van der Waals surface area contributed by atoms with Gasteiger partial charge in [0.05, 0.1) is 13.2 Å². The fourth-order valence-electron chi connectivity index (χ4n) is 1.71. The molecular formula is C12H16N2O3. The second-order valence-corrected chi connectivity index (χ2v) is 3.79. The van der Waals surface area contributed by atoms with Gasteiger partial charge in [-0.25, -0.2) is 4.79 Å². The number of hydrogen-bond acceptors (Lipinski definition) is 3. The van der Waals surface area contributed by atoms with Crippen LogP contribution >= 0.6 is 0 Å². The molecule has 92 valence electrons. The van der Waals surface area contributed by atoms with Crippen LogP contribution in [0.5, 0.6) is 5.75 Å². The van der Waals surface area contributed by atoms with E-state index in [1.165, 1.54) is 0 Å². The summed E-state index contributed by atoms with van der Waals surface area (Å²) in [5, 5.41) is 5.46. The molecule has 5 heteroatoms. The molecule has 0 fully saturated rings. The SMILES string of the molecule is COCCNC(=O)Nc1ccc2c(c1)CCO2. The maximum Gasteiger partial charge on any atom is 0.319 e. The molecule has 0 saturated heterocycles. The van der Waals surface area contributed by atoms with Crippen molar-refractivity contribution in [1.29, 1.82) is 0 Å². The third-order valence-corrected chi connectivity index (χ3v) is 2.54. The average molecular weight is 236 g/mol. The maximum atomic E-state index is 11.5. The summed E-state index contributed by atoms with van der Waals surface area (Å²) in [6.45, 7) is 1.72. The second-order valence-electron chi connectivity index (χ2n) is 3.79. The highest BCUT2D eigenvalue weighted by Crippen LogP contribution is 2.27. The van der Waals surface area contributed by atoms with Crippen LogP contribution in [0, 0.1) is 0 Å². The van der Waals surface area contributed by atoms with E-state index in [1.807, 2.05) is 18.2 Å². The first-order chi connectivity index (χ1) is 8.29. The lowest BCUT2D eigenvalue weighted by molar-refractivity contribution is 0.198. The number of anilines is 1. The molecule has 1 heterocycles. The van der Waals surface area contributed by atoms with Gasteiger partial charge in [-0.3, -0.25) is 0 Å². The summed E-state index contributed by atoms with van der Waals surface area (Å²) in [6, 6.07) is 5.44. The van der Waals surface area contributed by atoms with E-state index in [4.69, 9.17) is 9.47 Å². The number of ether oxygens (including phenoxy) is 2. The van der Waals surface area contributed by atoms with Gasteiger partial charge in [0, 0.05) is 25.8 Å². The Hall–Kier alpha value is -1.75. The molecule has 0 saturated carbocycles. The van der Waals surface area contributed by atoms with Crippen LogP contribution in [-0.2, 0) is 11.2 Å². The van der Waals surface area contributed by atoms with E-state index in [-0.39, 0.29) is 6.03 Å². The van der Waals surface area contributed by atoms with Crippen molar-refractivity contribution in [3.05, 3.63) is 23.8 Å². The first-order valence-corrected chi connectivity index (χ1v) is 5.59. The molecular weight excluding hydrogens is 220 g/mol. The van der Waals surface area contributed by atoms with Crippen molar-refractivity contribution in [2.24, 2.45) is 0 Å². The zero-order valence-corrected chi connectivity index (χ0v) is 9.79. The molecule has 0 radical (unpaired) electrons. The number of fused-ring (bicyclic) bond motifs is 1. The average Bonchev–Trinajstić information content (AvgIpc) is 2.76. The van der Waals surface area contributed by atoms with Crippen LogP contribution in [0.1, 0.15) is 5.56 Å². The molecule has 2 amide bonds. The molecule has 0 spiro atoms. The molecule has 2 rings (SSSR count). The number of carbonyl (C=O) groups is 1. The number of hydrogen-bond donors (Lipinski definition) is 2. The maximum absolute atomic E-state index is 11.5. The predicted octanol–water partition coefficient (Wildman–Crippen LogP) is 1.39. The summed E-state index contributed by atoms with van der Waals surface area (Å²) in [5.74, 6) is 0.912. The topological polar surface area (TPSA) is 59.6 Å². The van der Waals surface area contributed by atoms with Crippen molar-refractivity contribution in [1.82, 2.24) is 5.32 Å². The van der Waals surface area contributed by atoms with Gasteiger partial charge in [-0.1, -0.05) is 0 Å². The Morgan fingerprint density at radius 3 is 3.24 bits per heavy atom. The van der Waals surface area contributed by atoms with Gasteiger partial charge < -0.3 is 20.1 Å². The van der Waals surface area contributed by atoms with E-state index in [2.05, 4.69) is 10.6 Å². The number of amides is 2. The normalized spacial score (nSPS) is 12.8. The molecule has 5 nitrogen and oxygen atoms in total. The number of methoxy groups -OCH3 is 1. The Morgan fingerprint density at radius 2 is 2.41 bits per heavy atom.